The van der Waals surface area contributed by atoms with Crippen LogP contribution in [0.1, 0.15) is 18.0 Å². The molecule has 0 spiro atoms. The number of phenolic OH excluding ortho intramolecular Hbond substituents is 1. The van der Waals surface area contributed by atoms with Crippen molar-refractivity contribution in [2.24, 2.45) is 5.73 Å². The minimum Gasteiger partial charge on any atom is -0.507 e. The van der Waals surface area contributed by atoms with E-state index in [4.69, 9.17) is 5.73 Å². The van der Waals surface area contributed by atoms with Crippen molar-refractivity contribution in [2.45, 2.75) is 12.5 Å². The summed E-state index contributed by atoms with van der Waals surface area (Å²) in [5, 5.41) is 9.25. The van der Waals surface area contributed by atoms with Crippen molar-refractivity contribution in [1.29, 1.82) is 0 Å². The van der Waals surface area contributed by atoms with Crippen molar-refractivity contribution in [3.8, 4) is 5.75 Å². The first-order valence-corrected chi connectivity index (χ1v) is 4.79. The van der Waals surface area contributed by atoms with Crippen molar-refractivity contribution in [1.82, 2.24) is 0 Å². The molecule has 0 aromatic heterocycles. The summed E-state index contributed by atoms with van der Waals surface area (Å²) in [5.74, 6) is 0.231. The van der Waals surface area contributed by atoms with Crippen molar-refractivity contribution >= 4 is 28.3 Å². The van der Waals surface area contributed by atoms with Gasteiger partial charge in [0, 0.05) is 6.04 Å². The molecule has 0 heterocycles. The van der Waals surface area contributed by atoms with Gasteiger partial charge in [0.25, 0.3) is 0 Å². The van der Waals surface area contributed by atoms with E-state index in [1.807, 2.05) is 12.1 Å². The molecule has 14 heavy (non-hydrogen) atoms. The summed E-state index contributed by atoms with van der Waals surface area (Å²) in [5.41, 5.74) is 6.84. The molecule has 0 unspecified atom stereocenters. The second-order valence-electron chi connectivity index (χ2n) is 2.84. The zero-order valence-electron chi connectivity index (χ0n) is 7.61. The third-order valence-corrected chi connectivity index (χ3v) is 2.46. The van der Waals surface area contributed by atoms with Gasteiger partial charge < -0.3 is 10.8 Å². The van der Waals surface area contributed by atoms with Gasteiger partial charge in [-0.1, -0.05) is 12.1 Å². The molecule has 3 N–H and O–H groups in total. The summed E-state index contributed by atoms with van der Waals surface area (Å²) in [7, 11) is 0. The van der Waals surface area contributed by atoms with E-state index < -0.39 is 0 Å². The second-order valence-corrected chi connectivity index (χ2v) is 3.70. The van der Waals surface area contributed by atoms with Crippen LogP contribution in [0.25, 0.3) is 0 Å². The fourth-order valence-corrected chi connectivity index (χ4v) is 1.47. The Balaban J connectivity index is 0.00000169. The Kier molecular flexibility index (Phi) is 5.84. The van der Waals surface area contributed by atoms with Gasteiger partial charge in [0.15, 0.2) is 0 Å². The van der Waals surface area contributed by atoms with Gasteiger partial charge in [-0.3, -0.25) is 0 Å². The first kappa shape index (κ1) is 13.5. The van der Waals surface area contributed by atoms with E-state index in [2.05, 4.69) is 22.5 Å². The van der Waals surface area contributed by atoms with Crippen molar-refractivity contribution in [3.63, 3.8) is 0 Å². The molecule has 0 aliphatic heterocycles. The second kappa shape index (κ2) is 6.06. The normalized spacial score (nSPS) is 11.6. The first-order chi connectivity index (χ1) is 6.15. The molecule has 0 saturated carbocycles. The fourth-order valence-electron chi connectivity index (χ4n) is 1.07. The Labute approximate surface area is 98.4 Å². The molecule has 78 valence electrons. The summed E-state index contributed by atoms with van der Waals surface area (Å²) in [4.78, 5) is 0. The van der Waals surface area contributed by atoms with Gasteiger partial charge >= 0.3 is 0 Å². The van der Waals surface area contributed by atoms with Crippen LogP contribution in [0.4, 0.5) is 0 Å². The highest BCUT2D eigenvalue weighted by Gasteiger charge is 2.05. The van der Waals surface area contributed by atoms with Crippen LogP contribution in [0.5, 0.6) is 5.75 Å². The van der Waals surface area contributed by atoms with Gasteiger partial charge in [-0.25, -0.2) is 0 Å². The first-order valence-electron chi connectivity index (χ1n) is 4.00. The van der Waals surface area contributed by atoms with Gasteiger partial charge in [-0.05, 0) is 40.0 Å². The summed E-state index contributed by atoms with van der Waals surface area (Å²) in [6.45, 7) is 3.63. The summed E-state index contributed by atoms with van der Waals surface area (Å²) >= 11 is 3.23. The number of hydrogen-bond acceptors (Lipinski definition) is 2. The average molecular weight is 279 g/mol. The fraction of sp³-hybridized carbons (Fsp3) is 0.200. The van der Waals surface area contributed by atoms with Crippen LogP contribution in [0.3, 0.4) is 0 Å². The van der Waals surface area contributed by atoms with Gasteiger partial charge in [-0.2, -0.15) is 0 Å². The molecule has 0 amide bonds. The number of aromatic hydroxyl groups is 1. The Hall–Kier alpha value is -0.510. The number of nitrogens with two attached hydrogens (primary N) is 1. The lowest BCUT2D eigenvalue weighted by Crippen LogP contribution is -2.08. The number of phenols is 1. The summed E-state index contributed by atoms with van der Waals surface area (Å²) in [6.07, 6.45) is 2.52. The van der Waals surface area contributed by atoms with Crippen molar-refractivity contribution in [3.05, 3.63) is 40.9 Å². The maximum Gasteiger partial charge on any atom is 0.129 e. The number of hydrogen-bond donors (Lipinski definition) is 2. The zero-order chi connectivity index (χ0) is 9.84. The maximum absolute atomic E-state index is 9.25. The van der Waals surface area contributed by atoms with Crippen LogP contribution in [-0.2, 0) is 0 Å². The lowest BCUT2D eigenvalue weighted by Gasteiger charge is -2.09. The van der Waals surface area contributed by atoms with Gasteiger partial charge in [0.1, 0.15) is 5.75 Å². The van der Waals surface area contributed by atoms with E-state index in [-0.39, 0.29) is 24.2 Å². The number of rotatable bonds is 3. The Morgan fingerprint density at radius 1 is 1.57 bits per heavy atom. The highest BCUT2D eigenvalue weighted by Crippen LogP contribution is 2.27. The largest absolute Gasteiger partial charge is 0.507 e. The third-order valence-electron chi connectivity index (χ3n) is 1.82. The predicted octanol–water partition coefficient (Wildman–Crippen LogP) is 3.15. The summed E-state index contributed by atoms with van der Waals surface area (Å²) in [6, 6.07) is 5.22. The number of halogens is 2. The average Bonchev–Trinajstić information content (AvgIpc) is 2.10. The Bertz CT molecular complexity index is 317. The van der Waals surface area contributed by atoms with E-state index in [0.29, 0.717) is 4.47 Å². The Morgan fingerprint density at radius 2 is 2.21 bits per heavy atom. The molecule has 2 nitrogen and oxygen atoms in total. The zero-order valence-corrected chi connectivity index (χ0v) is 10.0. The van der Waals surface area contributed by atoms with E-state index >= 15 is 0 Å². The molecule has 0 aliphatic rings. The lowest BCUT2D eigenvalue weighted by molar-refractivity contribution is 0.471. The van der Waals surface area contributed by atoms with E-state index in [0.717, 1.165) is 12.0 Å². The SMILES string of the molecule is C=CC[C@H](N)c1ccc(O)c(Br)c1.Cl. The van der Waals surface area contributed by atoms with E-state index in [1.54, 1.807) is 12.1 Å². The molecule has 1 aromatic carbocycles. The highest BCUT2D eigenvalue weighted by atomic mass is 79.9. The molecule has 0 bridgehead atoms. The quantitative estimate of drug-likeness (QED) is 0.834. The minimum atomic E-state index is -0.0469. The highest BCUT2D eigenvalue weighted by molar-refractivity contribution is 9.10. The van der Waals surface area contributed by atoms with Crippen LogP contribution in [0.15, 0.2) is 35.3 Å². The van der Waals surface area contributed by atoms with Gasteiger partial charge in [0.2, 0.25) is 0 Å². The molecule has 0 radical (unpaired) electrons. The maximum atomic E-state index is 9.25. The molecule has 0 aliphatic carbocycles. The van der Waals surface area contributed by atoms with Crippen LogP contribution >= 0.6 is 28.3 Å². The number of benzene rings is 1. The molecule has 0 saturated heterocycles. The Morgan fingerprint density at radius 3 is 2.71 bits per heavy atom. The third kappa shape index (κ3) is 3.33. The van der Waals surface area contributed by atoms with E-state index in [9.17, 15) is 5.11 Å². The van der Waals surface area contributed by atoms with Gasteiger partial charge in [0.05, 0.1) is 4.47 Å². The molecular formula is C10H13BrClNO. The van der Waals surface area contributed by atoms with Gasteiger partial charge in [-0.15, -0.1) is 19.0 Å². The molecule has 0 fully saturated rings. The molecule has 1 rings (SSSR count). The molecule has 1 aromatic rings. The summed E-state index contributed by atoms with van der Waals surface area (Å²) < 4.78 is 0.671. The van der Waals surface area contributed by atoms with Crippen LogP contribution < -0.4 is 5.73 Å². The van der Waals surface area contributed by atoms with E-state index in [1.165, 1.54) is 0 Å². The molecule has 1 atom stereocenters. The van der Waals surface area contributed by atoms with Crippen LogP contribution in [0.2, 0.25) is 0 Å². The smallest absolute Gasteiger partial charge is 0.129 e. The topological polar surface area (TPSA) is 46.2 Å². The minimum absolute atomic E-state index is 0. The van der Waals surface area contributed by atoms with Crippen LogP contribution in [-0.4, -0.2) is 5.11 Å². The van der Waals surface area contributed by atoms with Crippen molar-refractivity contribution < 1.29 is 5.11 Å². The van der Waals surface area contributed by atoms with Crippen LogP contribution in [0, 0.1) is 0 Å². The monoisotopic (exact) mass is 277 g/mol. The molecule has 4 heteroatoms. The van der Waals surface area contributed by atoms with Crippen molar-refractivity contribution in [2.75, 3.05) is 0 Å². The lowest BCUT2D eigenvalue weighted by atomic mass is 10.1. The predicted molar refractivity (Wildman–Crippen MR) is 64.8 cm³/mol. The standard InChI is InChI=1S/C10H12BrNO.ClH/c1-2-3-9(12)7-4-5-10(13)8(11)6-7;/h2,4-6,9,13H,1,3,12H2;1H/t9-;/m0./s1. The molecular weight excluding hydrogens is 265 g/mol.